The van der Waals surface area contributed by atoms with Crippen LogP contribution in [0.25, 0.3) is 0 Å². The monoisotopic (exact) mass is 186 g/mol. The van der Waals surface area contributed by atoms with E-state index in [2.05, 4.69) is 10.0 Å². The number of hydrogen-bond donors (Lipinski definition) is 2. The molecule has 0 aromatic carbocycles. The summed E-state index contributed by atoms with van der Waals surface area (Å²) in [6.07, 6.45) is 6.86. The van der Waals surface area contributed by atoms with E-state index in [1.165, 1.54) is 50.9 Å². The van der Waals surface area contributed by atoms with Gasteiger partial charge in [-0.1, -0.05) is 0 Å². The summed E-state index contributed by atoms with van der Waals surface area (Å²) >= 11 is 0. The summed E-state index contributed by atoms with van der Waals surface area (Å²) in [7, 11) is 0.424. The van der Waals surface area contributed by atoms with E-state index in [1.54, 1.807) is 4.99 Å². The van der Waals surface area contributed by atoms with Gasteiger partial charge in [-0.05, 0) is 32.1 Å². The Hall–Kier alpha value is 0.140. The molecular weight excluding hydrogens is 168 g/mol. The maximum Gasteiger partial charge on any atom is 0.0292 e. The molecule has 0 saturated carbocycles. The van der Waals surface area contributed by atoms with Gasteiger partial charge in [0.15, 0.2) is 0 Å². The molecular formula is C9H18N2S. The number of hydrogen-bond acceptors (Lipinski definition) is 1. The molecule has 2 aliphatic rings. The van der Waals surface area contributed by atoms with Crippen molar-refractivity contribution in [3.63, 3.8) is 0 Å². The van der Waals surface area contributed by atoms with E-state index in [9.17, 15) is 0 Å². The van der Waals surface area contributed by atoms with Crippen molar-refractivity contribution in [1.29, 1.82) is 0 Å². The Kier molecular flexibility index (Phi) is 3.20. The fourth-order valence-electron chi connectivity index (χ4n) is 1.79. The van der Waals surface area contributed by atoms with Crippen molar-refractivity contribution in [2.75, 3.05) is 18.8 Å². The maximum absolute atomic E-state index is 3.62. The van der Waals surface area contributed by atoms with Gasteiger partial charge in [0, 0.05) is 23.8 Å². The van der Waals surface area contributed by atoms with Crippen LogP contribution in [0.3, 0.4) is 0 Å². The third-order valence-corrected chi connectivity index (χ3v) is 4.69. The molecule has 2 aliphatic heterocycles. The topological polar surface area (TPSA) is 24.1 Å². The van der Waals surface area contributed by atoms with Crippen molar-refractivity contribution < 1.29 is 0 Å². The zero-order valence-corrected chi connectivity index (χ0v) is 8.38. The molecule has 0 spiro atoms. The highest BCUT2D eigenvalue weighted by Crippen LogP contribution is 2.20. The quantitative estimate of drug-likeness (QED) is 0.560. The normalized spacial score (nSPS) is 35.0. The highest BCUT2D eigenvalue weighted by Gasteiger charge is 2.11. The second-order valence-electron chi connectivity index (χ2n) is 3.50. The summed E-state index contributed by atoms with van der Waals surface area (Å²) in [5.41, 5.74) is 0. The smallest absolute Gasteiger partial charge is 0.0292 e. The van der Waals surface area contributed by atoms with Crippen molar-refractivity contribution in [3.05, 3.63) is 0 Å². The summed E-state index contributed by atoms with van der Waals surface area (Å²) in [5.74, 6) is 1.38. The second-order valence-corrected chi connectivity index (χ2v) is 5.47. The summed E-state index contributed by atoms with van der Waals surface area (Å²) in [6, 6.07) is 0. The lowest BCUT2D eigenvalue weighted by atomic mass is 10.2. The second kappa shape index (κ2) is 4.40. The Morgan fingerprint density at radius 3 is 2.58 bits per heavy atom. The van der Waals surface area contributed by atoms with Crippen molar-refractivity contribution in [3.8, 4) is 0 Å². The maximum atomic E-state index is 3.62. The highest BCUT2D eigenvalue weighted by molar-refractivity contribution is 8.14. The van der Waals surface area contributed by atoms with Crippen LogP contribution >= 0.6 is 10.7 Å². The molecule has 3 heteroatoms. The van der Waals surface area contributed by atoms with E-state index in [0.29, 0.717) is 10.7 Å². The first-order valence-corrected chi connectivity index (χ1v) is 6.40. The Labute approximate surface area is 77.2 Å². The molecule has 12 heavy (non-hydrogen) atoms. The molecule has 2 fully saturated rings. The van der Waals surface area contributed by atoms with Crippen LogP contribution in [0.5, 0.6) is 0 Å². The third-order valence-electron chi connectivity index (χ3n) is 2.50. The van der Waals surface area contributed by atoms with E-state index in [-0.39, 0.29) is 0 Å². The molecule has 2 N–H and O–H groups in total. The SMILES string of the molecule is C1CC/C(=S2/CCCCN2)NC1. The molecule has 2 heterocycles. The molecule has 0 aromatic heterocycles. The molecule has 0 radical (unpaired) electrons. The standard InChI is InChI=1S/C9H18N2S/c1-2-6-10-9(5-1)12-8-4-3-7-11-12/h10-11H,1-8H2. The number of rotatable bonds is 0. The molecule has 0 aromatic rings. The van der Waals surface area contributed by atoms with Crippen LogP contribution in [0.2, 0.25) is 0 Å². The minimum Gasteiger partial charge on any atom is -0.286 e. The third kappa shape index (κ3) is 2.09. The largest absolute Gasteiger partial charge is 0.286 e. The van der Waals surface area contributed by atoms with Gasteiger partial charge in [0.05, 0.1) is 0 Å². The van der Waals surface area contributed by atoms with Crippen molar-refractivity contribution >= 4 is 15.7 Å². The van der Waals surface area contributed by atoms with Crippen molar-refractivity contribution in [2.24, 2.45) is 0 Å². The number of nitrogens with one attached hydrogen (secondary N) is 2. The zero-order chi connectivity index (χ0) is 8.23. The molecule has 2 saturated heterocycles. The van der Waals surface area contributed by atoms with Crippen LogP contribution in [0, 0.1) is 0 Å². The van der Waals surface area contributed by atoms with Crippen molar-refractivity contribution in [2.45, 2.75) is 32.1 Å². The van der Waals surface area contributed by atoms with Gasteiger partial charge < -0.3 is 0 Å². The molecule has 2 rings (SSSR count). The zero-order valence-electron chi connectivity index (χ0n) is 7.57. The van der Waals surface area contributed by atoms with Crippen LogP contribution in [-0.4, -0.2) is 23.8 Å². The lowest BCUT2D eigenvalue weighted by Crippen LogP contribution is -2.33. The van der Waals surface area contributed by atoms with Gasteiger partial charge in [0.25, 0.3) is 0 Å². The van der Waals surface area contributed by atoms with Gasteiger partial charge in [-0.25, -0.2) is 0 Å². The van der Waals surface area contributed by atoms with Crippen LogP contribution < -0.4 is 10.0 Å². The van der Waals surface area contributed by atoms with E-state index in [1.807, 2.05) is 0 Å². The summed E-state index contributed by atoms with van der Waals surface area (Å²) in [6.45, 7) is 2.44. The Morgan fingerprint density at radius 2 is 1.92 bits per heavy atom. The van der Waals surface area contributed by atoms with E-state index in [4.69, 9.17) is 0 Å². The molecule has 0 bridgehead atoms. The van der Waals surface area contributed by atoms with Gasteiger partial charge in [0.1, 0.15) is 0 Å². The Balaban J connectivity index is 2.00. The molecule has 0 amide bonds. The lowest BCUT2D eigenvalue weighted by Gasteiger charge is -2.24. The highest BCUT2D eigenvalue weighted by atomic mass is 32.2. The summed E-state index contributed by atoms with van der Waals surface area (Å²) in [5, 5.41) is 3.56. The van der Waals surface area contributed by atoms with Gasteiger partial charge in [0.2, 0.25) is 0 Å². The van der Waals surface area contributed by atoms with Crippen molar-refractivity contribution in [1.82, 2.24) is 10.0 Å². The molecule has 0 aliphatic carbocycles. The van der Waals surface area contributed by atoms with Crippen LogP contribution in [0.4, 0.5) is 0 Å². The first kappa shape index (κ1) is 8.73. The molecule has 2 nitrogen and oxygen atoms in total. The molecule has 1 atom stereocenters. The summed E-state index contributed by atoms with van der Waals surface area (Å²) in [4.78, 5) is 1.61. The van der Waals surface area contributed by atoms with Gasteiger partial charge in [-0.15, -0.1) is 10.7 Å². The average Bonchev–Trinajstić information content (AvgIpc) is 2.21. The first-order chi connectivity index (χ1) is 5.97. The number of piperidine rings is 1. The first-order valence-electron chi connectivity index (χ1n) is 5.01. The van der Waals surface area contributed by atoms with E-state index in [0.717, 1.165) is 0 Å². The average molecular weight is 186 g/mol. The summed E-state index contributed by atoms with van der Waals surface area (Å²) < 4.78 is 3.62. The van der Waals surface area contributed by atoms with Gasteiger partial charge in [-0.3, -0.25) is 10.0 Å². The van der Waals surface area contributed by atoms with Crippen LogP contribution in [0.15, 0.2) is 0 Å². The molecule has 70 valence electrons. The fourth-order valence-corrected chi connectivity index (χ4v) is 3.90. The Morgan fingerprint density at radius 1 is 1.00 bits per heavy atom. The fraction of sp³-hybridized carbons (Fsp3) is 0.889. The van der Waals surface area contributed by atoms with E-state index < -0.39 is 0 Å². The van der Waals surface area contributed by atoms with Crippen LogP contribution in [0.1, 0.15) is 32.1 Å². The van der Waals surface area contributed by atoms with Crippen LogP contribution in [-0.2, 0) is 0 Å². The predicted molar refractivity (Wildman–Crippen MR) is 56.6 cm³/mol. The Bertz CT molecular complexity index is 153. The van der Waals surface area contributed by atoms with Gasteiger partial charge >= 0.3 is 0 Å². The van der Waals surface area contributed by atoms with Gasteiger partial charge in [-0.2, -0.15) is 0 Å². The minimum absolute atomic E-state index is 0.424. The minimum atomic E-state index is 0.424. The molecule has 1 unspecified atom stereocenters. The lowest BCUT2D eigenvalue weighted by molar-refractivity contribution is 0.677. The predicted octanol–water partition coefficient (Wildman–Crippen LogP) is 1.46. The van der Waals surface area contributed by atoms with E-state index >= 15 is 0 Å².